The number of benzene rings is 2. The van der Waals surface area contributed by atoms with Crippen LogP contribution in [0.3, 0.4) is 0 Å². The molecule has 1 aliphatic carbocycles. The maximum atomic E-state index is 13.4. The van der Waals surface area contributed by atoms with Crippen molar-refractivity contribution in [3.05, 3.63) is 59.7 Å². The maximum Gasteiger partial charge on any atom is 0.290 e. The van der Waals surface area contributed by atoms with Crippen molar-refractivity contribution >= 4 is 5.91 Å². The zero-order valence-electron chi connectivity index (χ0n) is 15.8. The van der Waals surface area contributed by atoms with Gasteiger partial charge in [-0.3, -0.25) is 4.79 Å². The molecule has 0 radical (unpaired) electrons. The van der Waals surface area contributed by atoms with E-state index in [0.717, 1.165) is 48.3 Å². The Hall–Kier alpha value is -2.53. The van der Waals surface area contributed by atoms with E-state index in [1.807, 2.05) is 48.5 Å². The number of carbonyl (C=O) groups excluding carboxylic acids is 1. The lowest BCUT2D eigenvalue weighted by Crippen LogP contribution is -2.65. The predicted octanol–water partition coefficient (Wildman–Crippen LogP) is 4.05. The van der Waals surface area contributed by atoms with Gasteiger partial charge in [0.1, 0.15) is 11.5 Å². The first-order valence-electron chi connectivity index (χ1n) is 9.51. The van der Waals surface area contributed by atoms with Gasteiger partial charge in [-0.25, -0.2) is 9.90 Å². The number of carbonyl (C=O) groups is 1. The number of hydrogen-bond acceptors (Lipinski definition) is 4. The summed E-state index contributed by atoms with van der Waals surface area (Å²) in [5.74, 6) is 1.50. The average Bonchev–Trinajstić information content (AvgIpc) is 2.74. The molecule has 1 amide bonds. The number of ether oxygens (including phenoxy) is 2. The molecule has 0 spiro atoms. The van der Waals surface area contributed by atoms with E-state index in [2.05, 4.69) is 0 Å². The molecule has 0 unspecified atom stereocenters. The zero-order chi connectivity index (χ0) is 18.9. The van der Waals surface area contributed by atoms with Gasteiger partial charge in [0.25, 0.3) is 5.91 Å². The maximum absolute atomic E-state index is 13.4. The highest BCUT2D eigenvalue weighted by Crippen LogP contribution is 2.46. The van der Waals surface area contributed by atoms with Crippen LogP contribution in [0.1, 0.15) is 43.2 Å². The molecule has 1 saturated carbocycles. The molecule has 2 aromatic carbocycles. The summed E-state index contributed by atoms with van der Waals surface area (Å²) < 4.78 is 10.5. The second-order valence-electron chi connectivity index (χ2n) is 7.15. The Kier molecular flexibility index (Phi) is 4.79. The van der Waals surface area contributed by atoms with Gasteiger partial charge in [-0.1, -0.05) is 43.5 Å². The largest absolute Gasteiger partial charge is 0.497 e. The van der Waals surface area contributed by atoms with Gasteiger partial charge in [-0.15, -0.1) is 0 Å². The Morgan fingerprint density at radius 3 is 1.74 bits per heavy atom. The van der Waals surface area contributed by atoms with Gasteiger partial charge in [-0.05, 0) is 37.1 Å². The topological polar surface area (TPSA) is 48.0 Å². The molecule has 2 aromatic rings. The summed E-state index contributed by atoms with van der Waals surface area (Å²) in [6.45, 7) is 0. The minimum atomic E-state index is -1.10. The van der Waals surface area contributed by atoms with Crippen LogP contribution in [-0.4, -0.2) is 31.2 Å². The first-order chi connectivity index (χ1) is 13.2. The second-order valence-corrected chi connectivity index (χ2v) is 7.15. The number of rotatable bonds is 5. The van der Waals surface area contributed by atoms with Gasteiger partial charge < -0.3 is 9.47 Å². The normalized spacial score (nSPS) is 19.5. The van der Waals surface area contributed by atoms with Gasteiger partial charge in [-0.2, -0.15) is 0 Å². The molecule has 142 valence electrons. The lowest BCUT2D eigenvalue weighted by molar-refractivity contribution is -0.316. The minimum absolute atomic E-state index is 0.00438. The summed E-state index contributed by atoms with van der Waals surface area (Å²) in [6.07, 6.45) is 5.55. The van der Waals surface area contributed by atoms with Crippen LogP contribution in [0, 0.1) is 0 Å². The molecule has 1 heterocycles. The molecule has 1 aliphatic heterocycles. The Labute approximate surface area is 159 Å². The fourth-order valence-corrected chi connectivity index (χ4v) is 4.07. The Balaban J connectivity index is 1.70. The van der Waals surface area contributed by atoms with E-state index in [1.165, 1.54) is 6.42 Å². The molecule has 1 saturated heterocycles. The number of hydroxylamine groups is 2. The van der Waals surface area contributed by atoms with Crippen LogP contribution < -0.4 is 9.47 Å². The monoisotopic (exact) mass is 367 g/mol. The van der Waals surface area contributed by atoms with Crippen molar-refractivity contribution in [2.45, 2.75) is 43.7 Å². The van der Waals surface area contributed by atoms with E-state index < -0.39 is 5.60 Å². The summed E-state index contributed by atoms with van der Waals surface area (Å²) >= 11 is 0. The number of nitrogens with zero attached hydrogens (tertiary/aromatic N) is 1. The van der Waals surface area contributed by atoms with Gasteiger partial charge in [0.05, 0.1) is 20.3 Å². The van der Waals surface area contributed by atoms with Gasteiger partial charge in [0.2, 0.25) is 5.60 Å². The van der Waals surface area contributed by atoms with E-state index in [4.69, 9.17) is 14.3 Å². The fraction of sp³-hybridized carbons (Fsp3) is 0.409. The van der Waals surface area contributed by atoms with E-state index in [9.17, 15) is 4.79 Å². The number of amides is 1. The smallest absolute Gasteiger partial charge is 0.290 e. The molecule has 4 rings (SSSR count). The number of hydrogen-bond donors (Lipinski definition) is 0. The first-order valence-corrected chi connectivity index (χ1v) is 9.51. The molecule has 2 aliphatic rings. The summed E-state index contributed by atoms with van der Waals surface area (Å²) in [4.78, 5) is 19.7. The lowest BCUT2D eigenvalue weighted by atomic mass is 9.82. The zero-order valence-corrected chi connectivity index (χ0v) is 15.8. The van der Waals surface area contributed by atoms with Crippen LogP contribution in [0.25, 0.3) is 0 Å². The predicted molar refractivity (Wildman–Crippen MR) is 102 cm³/mol. The molecule has 5 heteroatoms. The molecular formula is C22H25NO4. The second kappa shape index (κ2) is 7.24. The highest BCUT2D eigenvalue weighted by Gasteiger charge is 2.59. The molecule has 5 nitrogen and oxygen atoms in total. The van der Waals surface area contributed by atoms with Crippen LogP contribution >= 0.6 is 0 Å². The summed E-state index contributed by atoms with van der Waals surface area (Å²) in [5, 5.41) is 1.60. The Morgan fingerprint density at radius 2 is 1.33 bits per heavy atom. The quantitative estimate of drug-likeness (QED) is 0.800. The van der Waals surface area contributed by atoms with Crippen molar-refractivity contribution < 1.29 is 19.1 Å². The molecule has 2 fully saturated rings. The van der Waals surface area contributed by atoms with E-state index in [1.54, 1.807) is 19.3 Å². The van der Waals surface area contributed by atoms with Crippen LogP contribution in [0.15, 0.2) is 48.5 Å². The van der Waals surface area contributed by atoms with Crippen LogP contribution in [-0.2, 0) is 15.2 Å². The summed E-state index contributed by atoms with van der Waals surface area (Å²) in [5.41, 5.74) is 0.520. The van der Waals surface area contributed by atoms with Crippen LogP contribution in [0.4, 0.5) is 0 Å². The van der Waals surface area contributed by atoms with E-state index in [-0.39, 0.29) is 11.9 Å². The van der Waals surface area contributed by atoms with Crippen molar-refractivity contribution in [3.8, 4) is 11.5 Å². The standard InChI is InChI=1S/C22H25NO4/c1-25-19-12-8-16(9-13-19)22(17-10-14-20(26-2)15-11-17)21(24)23(27-22)18-6-4-3-5-7-18/h8-15,18H,3-7H2,1-2H3. The van der Waals surface area contributed by atoms with Crippen LogP contribution in [0.2, 0.25) is 0 Å². The fourth-order valence-electron chi connectivity index (χ4n) is 4.07. The van der Waals surface area contributed by atoms with E-state index >= 15 is 0 Å². The van der Waals surface area contributed by atoms with Gasteiger partial charge in [0, 0.05) is 11.1 Å². The van der Waals surface area contributed by atoms with Crippen molar-refractivity contribution in [1.82, 2.24) is 5.06 Å². The van der Waals surface area contributed by atoms with E-state index in [0.29, 0.717) is 0 Å². The molecule has 0 atom stereocenters. The molecular weight excluding hydrogens is 342 g/mol. The van der Waals surface area contributed by atoms with Crippen molar-refractivity contribution in [3.63, 3.8) is 0 Å². The highest BCUT2D eigenvalue weighted by molar-refractivity contribution is 5.93. The van der Waals surface area contributed by atoms with Crippen LogP contribution in [0.5, 0.6) is 11.5 Å². The third kappa shape index (κ3) is 2.96. The molecule has 0 bridgehead atoms. The molecule has 0 N–H and O–H groups in total. The van der Waals surface area contributed by atoms with Crippen molar-refractivity contribution in [2.75, 3.05) is 14.2 Å². The van der Waals surface area contributed by atoms with Crippen molar-refractivity contribution in [2.24, 2.45) is 0 Å². The third-order valence-electron chi connectivity index (χ3n) is 5.64. The Bertz CT molecular complexity index is 747. The van der Waals surface area contributed by atoms with Crippen molar-refractivity contribution in [1.29, 1.82) is 0 Å². The highest BCUT2D eigenvalue weighted by atomic mass is 16.7. The first kappa shape index (κ1) is 17.9. The minimum Gasteiger partial charge on any atom is -0.497 e. The van der Waals surface area contributed by atoms with Gasteiger partial charge in [0.15, 0.2) is 0 Å². The SMILES string of the molecule is COc1ccc(C2(c3ccc(OC)cc3)ON(C3CCCCC3)C2=O)cc1. The summed E-state index contributed by atoms with van der Waals surface area (Å²) in [7, 11) is 3.26. The lowest BCUT2D eigenvalue weighted by Gasteiger charge is -2.51. The number of methoxy groups -OCH3 is 2. The molecule has 0 aromatic heterocycles. The van der Waals surface area contributed by atoms with Gasteiger partial charge >= 0.3 is 0 Å². The summed E-state index contributed by atoms with van der Waals surface area (Å²) in [6, 6.07) is 15.2. The molecule has 27 heavy (non-hydrogen) atoms. The Morgan fingerprint density at radius 1 is 0.852 bits per heavy atom. The third-order valence-corrected chi connectivity index (χ3v) is 5.64. The average molecular weight is 367 g/mol.